The molecule has 0 fully saturated rings. The summed E-state index contributed by atoms with van der Waals surface area (Å²) in [6.07, 6.45) is -4.55. The number of alkyl halides is 6. The topological polar surface area (TPSA) is 64.9 Å². The first kappa shape index (κ1) is 15.6. The summed E-state index contributed by atoms with van der Waals surface area (Å²) >= 11 is 4.69. The number of halogens is 6. The Morgan fingerprint density at radius 2 is 1.86 bits per heavy atom. The van der Waals surface area contributed by atoms with E-state index in [1.54, 1.807) is 0 Å². The van der Waals surface area contributed by atoms with Gasteiger partial charge in [0.25, 0.3) is 0 Å². The maximum atomic E-state index is 12.7. The highest BCUT2D eigenvalue weighted by molar-refractivity contribution is 6.21. The fraction of sp³-hybridized carbons (Fsp3) is 0.273. The quantitative estimate of drug-likeness (QED) is 0.693. The lowest BCUT2D eigenvalue weighted by molar-refractivity contribution is -0.137. The smallest absolute Gasteiger partial charge is 0.331 e. The van der Waals surface area contributed by atoms with Crippen LogP contribution in [-0.4, -0.2) is 10.1 Å². The van der Waals surface area contributed by atoms with E-state index in [0.29, 0.717) is 0 Å². The molecule has 10 heteroatoms. The van der Waals surface area contributed by atoms with Gasteiger partial charge in [-0.15, -0.1) is 0 Å². The number of nitrogens with zero attached hydrogens (tertiary/aromatic N) is 2. The van der Waals surface area contributed by atoms with Crippen LogP contribution < -0.4 is 5.73 Å². The Labute approximate surface area is 119 Å². The van der Waals surface area contributed by atoms with Crippen molar-refractivity contribution in [1.29, 1.82) is 0 Å². The second-order valence-electron chi connectivity index (χ2n) is 4.06. The predicted molar refractivity (Wildman–Crippen MR) is 61.5 cm³/mol. The van der Waals surface area contributed by atoms with Crippen molar-refractivity contribution in [3.8, 4) is 0 Å². The molecule has 114 valence electrons. The maximum absolute atomic E-state index is 12.7. The van der Waals surface area contributed by atoms with E-state index in [0.717, 1.165) is 18.2 Å². The number of aromatic nitrogens is 2. The summed E-state index contributed by atoms with van der Waals surface area (Å²) < 4.78 is 67.5. The molecule has 1 aromatic carbocycles. The Balaban J connectivity index is 2.32. The van der Waals surface area contributed by atoms with Crippen molar-refractivity contribution in [2.45, 2.75) is 17.6 Å². The minimum Gasteiger partial charge on any atom is -0.331 e. The van der Waals surface area contributed by atoms with Crippen LogP contribution in [-0.2, 0) is 11.6 Å². The number of benzene rings is 1. The Kier molecular flexibility index (Phi) is 3.89. The standard InChI is InChI=1S/C11H7ClF5N3O/c12-10(13,14)9-19-8(20-21-9)7(18)5-2-1-3-6(4-5)11(15,16)17/h1-4,7H,18H2. The lowest BCUT2D eigenvalue weighted by Gasteiger charge is -2.11. The number of hydrogen-bond donors (Lipinski definition) is 1. The van der Waals surface area contributed by atoms with Crippen LogP contribution in [0.1, 0.15) is 28.9 Å². The summed E-state index contributed by atoms with van der Waals surface area (Å²) in [7, 11) is 0. The molecule has 0 aliphatic carbocycles. The van der Waals surface area contributed by atoms with Crippen LogP contribution in [0.4, 0.5) is 22.0 Å². The molecular formula is C11H7ClF5N3O. The van der Waals surface area contributed by atoms with Gasteiger partial charge in [0.1, 0.15) is 0 Å². The Morgan fingerprint density at radius 1 is 1.19 bits per heavy atom. The number of nitrogens with two attached hydrogens (primary N) is 1. The zero-order valence-corrected chi connectivity index (χ0v) is 10.8. The zero-order valence-electron chi connectivity index (χ0n) is 10.0. The Hall–Kier alpha value is -1.74. The van der Waals surface area contributed by atoms with Crippen molar-refractivity contribution >= 4 is 11.6 Å². The van der Waals surface area contributed by atoms with Gasteiger partial charge in [0.2, 0.25) is 0 Å². The van der Waals surface area contributed by atoms with Gasteiger partial charge in [-0.1, -0.05) is 17.3 Å². The van der Waals surface area contributed by atoms with Crippen LogP contribution in [0.15, 0.2) is 28.8 Å². The van der Waals surface area contributed by atoms with Crippen molar-refractivity contribution in [1.82, 2.24) is 10.1 Å². The minimum atomic E-state index is -4.55. The van der Waals surface area contributed by atoms with E-state index >= 15 is 0 Å². The third-order valence-corrected chi connectivity index (χ3v) is 2.70. The first-order valence-corrected chi connectivity index (χ1v) is 5.80. The van der Waals surface area contributed by atoms with Gasteiger partial charge in [-0.3, -0.25) is 0 Å². The highest BCUT2D eigenvalue weighted by atomic mass is 35.5. The summed E-state index contributed by atoms with van der Waals surface area (Å²) in [6.45, 7) is 0. The van der Waals surface area contributed by atoms with E-state index in [1.165, 1.54) is 6.07 Å². The largest absolute Gasteiger partial charge is 0.416 e. The second kappa shape index (κ2) is 5.23. The molecule has 1 atom stereocenters. The van der Waals surface area contributed by atoms with E-state index in [2.05, 4.69) is 26.3 Å². The van der Waals surface area contributed by atoms with Crippen LogP contribution in [0.5, 0.6) is 0 Å². The van der Waals surface area contributed by atoms with Crippen LogP contribution in [0.25, 0.3) is 0 Å². The highest BCUT2D eigenvalue weighted by Crippen LogP contribution is 2.33. The minimum absolute atomic E-state index is 0.00457. The van der Waals surface area contributed by atoms with Gasteiger partial charge in [-0.2, -0.15) is 26.9 Å². The van der Waals surface area contributed by atoms with Gasteiger partial charge in [0, 0.05) is 0 Å². The summed E-state index contributed by atoms with van der Waals surface area (Å²) in [6, 6.07) is 2.79. The van der Waals surface area contributed by atoms with Gasteiger partial charge in [-0.25, -0.2) is 0 Å². The first-order chi connectivity index (χ1) is 9.59. The first-order valence-electron chi connectivity index (χ1n) is 5.42. The lowest BCUT2D eigenvalue weighted by atomic mass is 10.0. The molecule has 0 saturated carbocycles. The summed E-state index contributed by atoms with van der Waals surface area (Å²) in [4.78, 5) is 3.28. The molecule has 0 spiro atoms. The van der Waals surface area contributed by atoms with Gasteiger partial charge in [-0.05, 0) is 29.3 Å². The maximum Gasteiger partial charge on any atom is 0.416 e. The Bertz CT molecular complexity index is 637. The molecular weight excluding hydrogens is 321 g/mol. The molecule has 21 heavy (non-hydrogen) atoms. The molecule has 2 rings (SSSR count). The van der Waals surface area contributed by atoms with Crippen LogP contribution in [0.2, 0.25) is 0 Å². The zero-order chi connectivity index (χ0) is 15.8. The van der Waals surface area contributed by atoms with Gasteiger partial charge in [0.05, 0.1) is 11.6 Å². The summed E-state index contributed by atoms with van der Waals surface area (Å²) in [5.41, 5.74) is 4.71. The summed E-state index contributed by atoms with van der Waals surface area (Å²) in [5.74, 6) is -1.58. The molecule has 1 unspecified atom stereocenters. The van der Waals surface area contributed by atoms with E-state index in [9.17, 15) is 22.0 Å². The molecule has 4 nitrogen and oxygen atoms in total. The molecule has 2 N–H and O–H groups in total. The van der Waals surface area contributed by atoms with E-state index < -0.39 is 34.9 Å². The van der Waals surface area contributed by atoms with Crippen molar-refractivity contribution in [2.24, 2.45) is 5.73 Å². The van der Waals surface area contributed by atoms with Crippen molar-refractivity contribution < 1.29 is 26.5 Å². The highest BCUT2D eigenvalue weighted by Gasteiger charge is 2.36. The third-order valence-electron chi connectivity index (χ3n) is 2.54. The van der Waals surface area contributed by atoms with E-state index in [4.69, 9.17) is 5.73 Å². The molecule has 0 aliphatic rings. The molecule has 1 heterocycles. The molecule has 0 bridgehead atoms. The van der Waals surface area contributed by atoms with Gasteiger partial charge >= 0.3 is 17.4 Å². The second-order valence-corrected chi connectivity index (χ2v) is 4.53. The van der Waals surface area contributed by atoms with Crippen LogP contribution in [0.3, 0.4) is 0 Å². The fourth-order valence-electron chi connectivity index (χ4n) is 1.53. The van der Waals surface area contributed by atoms with Crippen molar-refractivity contribution in [3.05, 3.63) is 47.1 Å². The number of rotatable bonds is 3. The Morgan fingerprint density at radius 3 is 2.38 bits per heavy atom. The van der Waals surface area contributed by atoms with Crippen LogP contribution >= 0.6 is 11.6 Å². The molecule has 0 aliphatic heterocycles. The lowest BCUT2D eigenvalue weighted by Crippen LogP contribution is -2.15. The SMILES string of the molecule is NC(c1cccc(C(F)(F)F)c1)c1noc(C(F)(F)Cl)n1. The monoisotopic (exact) mass is 327 g/mol. The summed E-state index contributed by atoms with van der Waals surface area (Å²) in [5, 5.41) is -0.682. The fourth-order valence-corrected chi connectivity index (χ4v) is 1.61. The number of hydrogen-bond acceptors (Lipinski definition) is 4. The van der Waals surface area contributed by atoms with E-state index in [1.807, 2.05) is 0 Å². The molecule has 0 amide bonds. The molecule has 0 radical (unpaired) electrons. The third kappa shape index (κ3) is 3.48. The predicted octanol–water partition coefficient (Wildman–Crippen LogP) is 3.42. The van der Waals surface area contributed by atoms with Gasteiger partial charge < -0.3 is 10.3 Å². The average molecular weight is 328 g/mol. The van der Waals surface area contributed by atoms with E-state index in [-0.39, 0.29) is 5.56 Å². The molecule has 2 aromatic rings. The molecule has 1 aromatic heterocycles. The molecule has 0 saturated heterocycles. The van der Waals surface area contributed by atoms with Gasteiger partial charge in [0.15, 0.2) is 5.82 Å². The average Bonchev–Trinajstić information content (AvgIpc) is 2.86. The van der Waals surface area contributed by atoms with Crippen LogP contribution in [0, 0.1) is 0 Å². The normalized spacial score (nSPS) is 14.2. The van der Waals surface area contributed by atoms with Crippen molar-refractivity contribution in [3.63, 3.8) is 0 Å². The van der Waals surface area contributed by atoms with Crippen molar-refractivity contribution in [2.75, 3.05) is 0 Å².